The van der Waals surface area contributed by atoms with E-state index in [1.54, 1.807) is 0 Å². The van der Waals surface area contributed by atoms with E-state index in [0.717, 1.165) is 19.3 Å². The van der Waals surface area contributed by atoms with Gasteiger partial charge in [-0.15, -0.1) is 0 Å². The minimum atomic E-state index is -0.949. The van der Waals surface area contributed by atoms with Crippen molar-refractivity contribution in [2.75, 3.05) is 0 Å². The summed E-state index contributed by atoms with van der Waals surface area (Å²) in [5.74, 6) is -1.40. The molecule has 162 valence electrons. The zero-order valence-electron chi connectivity index (χ0n) is 18.8. The Kier molecular flexibility index (Phi) is 12.6. The van der Waals surface area contributed by atoms with E-state index in [0.29, 0.717) is 19.3 Å². The van der Waals surface area contributed by atoms with E-state index >= 15 is 0 Å². The highest BCUT2D eigenvalue weighted by Gasteiger charge is 2.42. The van der Waals surface area contributed by atoms with Gasteiger partial charge in [-0.2, -0.15) is 0 Å². The van der Waals surface area contributed by atoms with Crippen molar-refractivity contribution < 1.29 is 14.4 Å². The van der Waals surface area contributed by atoms with Crippen LogP contribution in [0.15, 0.2) is 0 Å². The van der Waals surface area contributed by atoms with Gasteiger partial charge in [0.15, 0.2) is 17.3 Å². The number of Topliss-reactive ketones (excluding diaryl/α,β-unsaturated/α-hetero) is 3. The lowest BCUT2D eigenvalue weighted by atomic mass is 9.70. The molecule has 0 heterocycles. The Morgan fingerprint density at radius 2 is 1.07 bits per heavy atom. The standard InChI is InChI=1S/C25H44O3/c1-4-5-6-7-8-9-10-11-12-13-14-15-16-17-18-21(26)24-22(27)19-25(2,3)20-23(24)28/h24H,4-20H2,1-3H3. The Balaban J connectivity index is 1.97. The summed E-state index contributed by atoms with van der Waals surface area (Å²) in [6.07, 6.45) is 19.0. The summed E-state index contributed by atoms with van der Waals surface area (Å²) in [5.41, 5.74) is -0.278. The monoisotopic (exact) mass is 392 g/mol. The number of hydrogen-bond acceptors (Lipinski definition) is 3. The van der Waals surface area contributed by atoms with Gasteiger partial charge in [-0.1, -0.05) is 104 Å². The molecule has 0 atom stereocenters. The van der Waals surface area contributed by atoms with Gasteiger partial charge in [0, 0.05) is 19.3 Å². The second-order valence-electron chi connectivity index (χ2n) is 9.70. The number of hydrogen-bond donors (Lipinski definition) is 0. The van der Waals surface area contributed by atoms with E-state index in [-0.39, 0.29) is 22.8 Å². The number of rotatable bonds is 16. The van der Waals surface area contributed by atoms with Gasteiger partial charge in [0.1, 0.15) is 5.92 Å². The Morgan fingerprint density at radius 1 is 0.714 bits per heavy atom. The van der Waals surface area contributed by atoms with Crippen molar-refractivity contribution in [1.29, 1.82) is 0 Å². The molecule has 0 aromatic heterocycles. The van der Waals surface area contributed by atoms with E-state index in [4.69, 9.17) is 0 Å². The number of carbonyl (C=O) groups excluding carboxylic acids is 3. The van der Waals surface area contributed by atoms with Crippen LogP contribution in [-0.4, -0.2) is 17.3 Å². The molecular weight excluding hydrogens is 348 g/mol. The molecular formula is C25H44O3. The molecule has 28 heavy (non-hydrogen) atoms. The van der Waals surface area contributed by atoms with Crippen molar-refractivity contribution in [3.8, 4) is 0 Å². The van der Waals surface area contributed by atoms with E-state index in [1.807, 2.05) is 13.8 Å². The number of unbranched alkanes of at least 4 members (excludes halogenated alkanes) is 13. The van der Waals surface area contributed by atoms with E-state index in [1.165, 1.54) is 70.6 Å². The Bertz CT molecular complexity index is 458. The molecule has 0 aliphatic heterocycles. The first-order chi connectivity index (χ1) is 13.4. The summed E-state index contributed by atoms with van der Waals surface area (Å²) in [4.78, 5) is 36.6. The third-order valence-electron chi connectivity index (χ3n) is 6.05. The fourth-order valence-corrected chi connectivity index (χ4v) is 4.39. The van der Waals surface area contributed by atoms with Gasteiger partial charge in [-0.25, -0.2) is 0 Å². The Morgan fingerprint density at radius 3 is 1.46 bits per heavy atom. The van der Waals surface area contributed by atoms with Gasteiger partial charge in [0.25, 0.3) is 0 Å². The third kappa shape index (κ3) is 10.5. The molecule has 1 fully saturated rings. The van der Waals surface area contributed by atoms with Crippen LogP contribution in [0.3, 0.4) is 0 Å². The Labute approximate surface area is 173 Å². The van der Waals surface area contributed by atoms with Crippen LogP contribution < -0.4 is 0 Å². The smallest absolute Gasteiger partial charge is 0.151 e. The van der Waals surface area contributed by atoms with Crippen molar-refractivity contribution in [3.05, 3.63) is 0 Å². The molecule has 0 radical (unpaired) electrons. The largest absolute Gasteiger partial charge is 0.298 e. The first-order valence-electron chi connectivity index (χ1n) is 12.0. The van der Waals surface area contributed by atoms with Crippen molar-refractivity contribution in [2.24, 2.45) is 11.3 Å². The topological polar surface area (TPSA) is 51.2 Å². The van der Waals surface area contributed by atoms with Gasteiger partial charge >= 0.3 is 0 Å². The first kappa shape index (κ1) is 25.0. The van der Waals surface area contributed by atoms with E-state index in [2.05, 4.69) is 6.92 Å². The van der Waals surface area contributed by atoms with Gasteiger partial charge in [-0.05, 0) is 11.8 Å². The van der Waals surface area contributed by atoms with Crippen LogP contribution in [0.1, 0.15) is 130 Å². The van der Waals surface area contributed by atoms with Crippen LogP contribution in [0.4, 0.5) is 0 Å². The summed E-state index contributed by atoms with van der Waals surface area (Å²) in [7, 11) is 0. The molecule has 0 aromatic rings. The molecule has 1 saturated carbocycles. The first-order valence-corrected chi connectivity index (χ1v) is 12.0. The second kappa shape index (κ2) is 14.1. The summed E-state index contributed by atoms with van der Waals surface area (Å²) >= 11 is 0. The van der Waals surface area contributed by atoms with Crippen molar-refractivity contribution in [1.82, 2.24) is 0 Å². The van der Waals surface area contributed by atoms with Crippen LogP contribution in [0.25, 0.3) is 0 Å². The lowest BCUT2D eigenvalue weighted by Gasteiger charge is -2.31. The van der Waals surface area contributed by atoms with Crippen molar-refractivity contribution in [3.63, 3.8) is 0 Å². The molecule has 1 rings (SSSR count). The maximum absolute atomic E-state index is 12.3. The highest BCUT2D eigenvalue weighted by atomic mass is 16.2. The van der Waals surface area contributed by atoms with Crippen LogP contribution in [0, 0.1) is 11.3 Å². The molecule has 0 spiro atoms. The lowest BCUT2D eigenvalue weighted by Crippen LogP contribution is -2.41. The molecule has 3 heteroatoms. The van der Waals surface area contributed by atoms with Gasteiger partial charge in [0.2, 0.25) is 0 Å². The average Bonchev–Trinajstić information content (AvgIpc) is 2.60. The zero-order valence-corrected chi connectivity index (χ0v) is 18.8. The quantitative estimate of drug-likeness (QED) is 0.210. The zero-order chi connectivity index (χ0) is 20.8. The third-order valence-corrected chi connectivity index (χ3v) is 6.05. The minimum absolute atomic E-state index is 0.135. The summed E-state index contributed by atoms with van der Waals surface area (Å²) in [6.45, 7) is 6.12. The fraction of sp³-hybridized carbons (Fsp3) is 0.880. The normalized spacial score (nSPS) is 17.2. The SMILES string of the molecule is CCCCCCCCCCCCCCCCC(=O)C1C(=O)CC(C)(C)CC1=O. The molecule has 0 N–H and O–H groups in total. The molecule has 0 amide bonds. The van der Waals surface area contributed by atoms with Gasteiger partial charge in [0.05, 0.1) is 0 Å². The maximum Gasteiger partial charge on any atom is 0.151 e. The molecule has 0 bridgehead atoms. The second-order valence-corrected chi connectivity index (χ2v) is 9.70. The lowest BCUT2D eigenvalue weighted by molar-refractivity contribution is -0.145. The highest BCUT2D eigenvalue weighted by Crippen LogP contribution is 2.34. The fourth-order valence-electron chi connectivity index (χ4n) is 4.39. The average molecular weight is 393 g/mol. The van der Waals surface area contributed by atoms with Crippen LogP contribution in [0.5, 0.6) is 0 Å². The van der Waals surface area contributed by atoms with Gasteiger partial charge in [-0.3, -0.25) is 14.4 Å². The molecule has 0 aromatic carbocycles. The molecule has 1 aliphatic rings. The van der Waals surface area contributed by atoms with E-state index < -0.39 is 5.92 Å². The minimum Gasteiger partial charge on any atom is -0.298 e. The van der Waals surface area contributed by atoms with Crippen LogP contribution >= 0.6 is 0 Å². The highest BCUT2D eigenvalue weighted by molar-refractivity contribution is 6.20. The van der Waals surface area contributed by atoms with Crippen LogP contribution in [-0.2, 0) is 14.4 Å². The summed E-state index contributed by atoms with van der Waals surface area (Å²) in [5, 5.41) is 0. The van der Waals surface area contributed by atoms with Gasteiger partial charge < -0.3 is 0 Å². The predicted molar refractivity (Wildman–Crippen MR) is 116 cm³/mol. The van der Waals surface area contributed by atoms with Crippen molar-refractivity contribution >= 4 is 17.3 Å². The summed E-state index contributed by atoms with van der Waals surface area (Å²) < 4.78 is 0. The van der Waals surface area contributed by atoms with Crippen molar-refractivity contribution in [2.45, 2.75) is 130 Å². The molecule has 0 saturated heterocycles. The van der Waals surface area contributed by atoms with E-state index in [9.17, 15) is 14.4 Å². The summed E-state index contributed by atoms with van der Waals surface area (Å²) in [6, 6.07) is 0. The van der Waals surface area contributed by atoms with Crippen LogP contribution in [0.2, 0.25) is 0 Å². The molecule has 1 aliphatic carbocycles. The molecule has 0 unspecified atom stereocenters. The Hall–Kier alpha value is -0.990. The predicted octanol–water partition coefficient (Wildman–Crippen LogP) is 7.00. The number of ketones is 3. The maximum atomic E-state index is 12.3. The number of carbonyl (C=O) groups is 3. The molecule has 3 nitrogen and oxygen atoms in total.